The molecule has 1 amide bonds. The summed E-state index contributed by atoms with van der Waals surface area (Å²) in [6.07, 6.45) is 0. The molecule has 7 nitrogen and oxygen atoms in total. The smallest absolute Gasteiger partial charge is 0.241 e. The average Bonchev–Trinajstić information content (AvgIpc) is 3.19. The zero-order valence-corrected chi connectivity index (χ0v) is 19.5. The Balaban J connectivity index is 1.75. The standard InChI is InChI=1S/C23H30N2O5S/c1-6-31(27,28)25(19-11-12-20-21(13-19)30-15-29-20)14-22(26)24-16(2)17-7-9-18(10-8-17)23(3,4)5/h7-13,16H,6,14-15H2,1-5H3,(H,24,26)/t16-/m1/s1. The van der Waals surface area contributed by atoms with Crippen LogP contribution in [0.1, 0.15) is 51.8 Å². The van der Waals surface area contributed by atoms with Crippen LogP contribution in [0.15, 0.2) is 42.5 Å². The van der Waals surface area contributed by atoms with Crippen LogP contribution in [0, 0.1) is 0 Å². The summed E-state index contributed by atoms with van der Waals surface area (Å²) in [6.45, 7) is 9.63. The number of benzene rings is 2. The van der Waals surface area contributed by atoms with Gasteiger partial charge in [-0.2, -0.15) is 0 Å². The Morgan fingerprint density at radius 2 is 1.74 bits per heavy atom. The maximum atomic E-state index is 12.8. The fraction of sp³-hybridized carbons (Fsp3) is 0.435. The van der Waals surface area contributed by atoms with E-state index in [1.807, 2.05) is 19.1 Å². The predicted molar refractivity (Wildman–Crippen MR) is 121 cm³/mol. The van der Waals surface area contributed by atoms with Gasteiger partial charge in [-0.15, -0.1) is 0 Å². The number of nitrogens with zero attached hydrogens (tertiary/aromatic N) is 1. The molecule has 31 heavy (non-hydrogen) atoms. The lowest BCUT2D eigenvalue weighted by Crippen LogP contribution is -2.42. The lowest BCUT2D eigenvalue weighted by Gasteiger charge is -2.25. The summed E-state index contributed by atoms with van der Waals surface area (Å²) < 4.78 is 37.1. The van der Waals surface area contributed by atoms with Crippen molar-refractivity contribution in [2.45, 2.75) is 46.1 Å². The van der Waals surface area contributed by atoms with Crippen LogP contribution in [0.25, 0.3) is 0 Å². The predicted octanol–water partition coefficient (Wildman–Crippen LogP) is 3.75. The quantitative estimate of drug-likeness (QED) is 0.700. The average molecular weight is 447 g/mol. The first-order valence-electron chi connectivity index (χ1n) is 10.3. The molecule has 2 aromatic carbocycles. The molecule has 0 unspecified atom stereocenters. The van der Waals surface area contributed by atoms with Crippen LogP contribution in [0.5, 0.6) is 11.5 Å². The number of amides is 1. The summed E-state index contributed by atoms with van der Waals surface area (Å²) in [4.78, 5) is 12.8. The van der Waals surface area contributed by atoms with Gasteiger partial charge in [-0.3, -0.25) is 9.10 Å². The number of carbonyl (C=O) groups is 1. The minimum atomic E-state index is -3.67. The SMILES string of the molecule is CCS(=O)(=O)N(CC(=O)N[C@H](C)c1ccc(C(C)(C)C)cc1)c1ccc2c(c1)OCO2. The molecule has 0 saturated carbocycles. The fourth-order valence-corrected chi connectivity index (χ4v) is 4.38. The van der Waals surface area contributed by atoms with E-state index in [9.17, 15) is 13.2 Å². The van der Waals surface area contributed by atoms with Gasteiger partial charge in [0, 0.05) is 6.07 Å². The zero-order valence-electron chi connectivity index (χ0n) is 18.6. The number of ether oxygens (including phenoxy) is 2. The Labute approximate surface area is 184 Å². The van der Waals surface area contributed by atoms with Crippen molar-refractivity contribution in [3.63, 3.8) is 0 Å². The zero-order chi connectivity index (χ0) is 22.8. The first-order chi connectivity index (χ1) is 14.5. The van der Waals surface area contributed by atoms with E-state index in [0.717, 1.165) is 9.87 Å². The van der Waals surface area contributed by atoms with Crippen molar-refractivity contribution < 1.29 is 22.7 Å². The largest absolute Gasteiger partial charge is 0.454 e. The van der Waals surface area contributed by atoms with E-state index >= 15 is 0 Å². The molecule has 1 heterocycles. The molecular formula is C23H30N2O5S. The van der Waals surface area contributed by atoms with Crippen LogP contribution in [-0.2, 0) is 20.2 Å². The van der Waals surface area contributed by atoms with Gasteiger partial charge in [-0.25, -0.2) is 8.42 Å². The molecule has 0 spiro atoms. The fourth-order valence-electron chi connectivity index (χ4n) is 3.32. The van der Waals surface area contributed by atoms with Gasteiger partial charge in [0.05, 0.1) is 17.5 Å². The molecule has 1 aliphatic rings. The normalized spacial score (nSPS) is 14.2. The molecular weight excluding hydrogens is 416 g/mol. The van der Waals surface area contributed by atoms with Crippen LogP contribution in [-0.4, -0.2) is 33.4 Å². The van der Waals surface area contributed by atoms with Gasteiger partial charge in [-0.1, -0.05) is 45.0 Å². The highest BCUT2D eigenvalue weighted by Gasteiger charge is 2.26. The molecule has 1 N–H and O–H groups in total. The highest BCUT2D eigenvalue weighted by atomic mass is 32.2. The summed E-state index contributed by atoms with van der Waals surface area (Å²) >= 11 is 0. The molecule has 0 aliphatic carbocycles. The van der Waals surface area contributed by atoms with Gasteiger partial charge in [0.2, 0.25) is 22.7 Å². The van der Waals surface area contributed by atoms with Gasteiger partial charge < -0.3 is 14.8 Å². The van der Waals surface area contributed by atoms with Crippen LogP contribution >= 0.6 is 0 Å². The number of rotatable bonds is 7. The van der Waals surface area contributed by atoms with Crippen molar-refractivity contribution in [3.8, 4) is 11.5 Å². The summed E-state index contributed by atoms with van der Waals surface area (Å²) in [5.74, 6) is 0.497. The number of anilines is 1. The molecule has 8 heteroatoms. The first kappa shape index (κ1) is 22.9. The second-order valence-corrected chi connectivity index (χ2v) is 10.8. The monoisotopic (exact) mass is 446 g/mol. The Morgan fingerprint density at radius 1 is 1.10 bits per heavy atom. The summed E-state index contributed by atoms with van der Waals surface area (Å²) in [7, 11) is -3.67. The first-order valence-corrected chi connectivity index (χ1v) is 11.9. The van der Waals surface area contributed by atoms with Crippen LogP contribution in [0.3, 0.4) is 0 Å². The number of hydrogen-bond acceptors (Lipinski definition) is 5. The van der Waals surface area contributed by atoms with Crippen molar-refractivity contribution in [2.24, 2.45) is 0 Å². The van der Waals surface area contributed by atoms with Crippen molar-refractivity contribution >= 4 is 21.6 Å². The minimum absolute atomic E-state index is 0.0463. The maximum Gasteiger partial charge on any atom is 0.241 e. The molecule has 3 rings (SSSR count). The Bertz CT molecular complexity index is 1040. The topological polar surface area (TPSA) is 84.9 Å². The van der Waals surface area contributed by atoms with E-state index in [1.165, 1.54) is 5.56 Å². The Hall–Kier alpha value is -2.74. The number of sulfonamides is 1. The Kier molecular flexibility index (Phi) is 6.50. The van der Waals surface area contributed by atoms with Crippen LogP contribution < -0.4 is 19.1 Å². The van der Waals surface area contributed by atoms with Crippen molar-refractivity contribution in [1.82, 2.24) is 5.32 Å². The van der Waals surface area contributed by atoms with E-state index in [2.05, 4.69) is 38.2 Å². The van der Waals surface area contributed by atoms with E-state index in [-0.39, 0.29) is 36.5 Å². The third-order valence-corrected chi connectivity index (χ3v) is 7.03. The van der Waals surface area contributed by atoms with Crippen molar-refractivity contribution in [2.75, 3.05) is 23.4 Å². The second kappa shape index (κ2) is 8.78. The number of hydrogen-bond donors (Lipinski definition) is 1. The van der Waals surface area contributed by atoms with Gasteiger partial charge in [-0.05, 0) is 42.5 Å². The van der Waals surface area contributed by atoms with Crippen LogP contribution in [0.4, 0.5) is 5.69 Å². The third-order valence-electron chi connectivity index (χ3n) is 5.29. The molecule has 1 aliphatic heterocycles. The number of nitrogens with one attached hydrogen (secondary N) is 1. The molecule has 0 fully saturated rings. The van der Waals surface area contributed by atoms with Crippen molar-refractivity contribution in [3.05, 3.63) is 53.6 Å². The number of fused-ring (bicyclic) bond motifs is 1. The molecule has 0 aromatic heterocycles. The molecule has 0 bridgehead atoms. The van der Waals surface area contributed by atoms with Gasteiger partial charge in [0.25, 0.3) is 0 Å². The van der Waals surface area contributed by atoms with Crippen molar-refractivity contribution in [1.29, 1.82) is 0 Å². The van der Waals surface area contributed by atoms with Gasteiger partial charge in [0.1, 0.15) is 6.54 Å². The van der Waals surface area contributed by atoms with E-state index < -0.39 is 10.0 Å². The van der Waals surface area contributed by atoms with E-state index in [1.54, 1.807) is 25.1 Å². The number of carbonyl (C=O) groups excluding carboxylic acids is 1. The van der Waals surface area contributed by atoms with E-state index in [4.69, 9.17) is 9.47 Å². The molecule has 2 aromatic rings. The molecule has 0 radical (unpaired) electrons. The third kappa shape index (κ3) is 5.31. The summed E-state index contributed by atoms with van der Waals surface area (Å²) in [6, 6.07) is 12.7. The second-order valence-electron chi connectivity index (χ2n) is 8.61. The van der Waals surface area contributed by atoms with Gasteiger partial charge >= 0.3 is 0 Å². The van der Waals surface area contributed by atoms with Gasteiger partial charge in [0.15, 0.2) is 11.5 Å². The lowest BCUT2D eigenvalue weighted by atomic mass is 9.86. The van der Waals surface area contributed by atoms with E-state index in [0.29, 0.717) is 17.2 Å². The highest BCUT2D eigenvalue weighted by Crippen LogP contribution is 2.36. The summed E-state index contributed by atoms with van der Waals surface area (Å²) in [5.41, 5.74) is 2.57. The molecule has 168 valence electrons. The minimum Gasteiger partial charge on any atom is -0.454 e. The highest BCUT2D eigenvalue weighted by molar-refractivity contribution is 7.92. The summed E-state index contributed by atoms with van der Waals surface area (Å²) in [5, 5.41) is 2.90. The Morgan fingerprint density at radius 3 is 2.35 bits per heavy atom. The molecule has 0 saturated heterocycles. The van der Waals surface area contributed by atoms with Crippen LogP contribution in [0.2, 0.25) is 0 Å². The molecule has 1 atom stereocenters. The maximum absolute atomic E-state index is 12.8. The lowest BCUT2D eigenvalue weighted by molar-refractivity contribution is -0.120.